The van der Waals surface area contributed by atoms with E-state index in [1.165, 1.54) is 0 Å². The minimum Gasteiger partial charge on any atom is -0.326 e. The number of aryl methyl sites for hydroxylation is 1. The predicted octanol–water partition coefficient (Wildman–Crippen LogP) is 2.60. The third-order valence-corrected chi connectivity index (χ3v) is 3.53. The van der Waals surface area contributed by atoms with Crippen LogP contribution in [0.25, 0.3) is 0 Å². The first-order valence-corrected chi connectivity index (χ1v) is 6.23. The Kier molecular flexibility index (Phi) is 3.48. The van der Waals surface area contributed by atoms with Gasteiger partial charge in [-0.15, -0.1) is 0 Å². The maximum Gasteiger partial charge on any atom is 0.226 e. The van der Waals surface area contributed by atoms with E-state index >= 15 is 0 Å². The minimum absolute atomic E-state index is 0.0312. The summed E-state index contributed by atoms with van der Waals surface area (Å²) in [5, 5.41) is 2.94. The van der Waals surface area contributed by atoms with Crippen molar-refractivity contribution in [2.75, 3.05) is 5.32 Å². The number of benzene rings is 1. The zero-order valence-corrected chi connectivity index (χ0v) is 10.3. The molecular weight excluding hydrogens is 212 g/mol. The third kappa shape index (κ3) is 3.07. The molecule has 1 aromatic carbocycles. The number of hydrogen-bond donors (Lipinski definition) is 2. The summed E-state index contributed by atoms with van der Waals surface area (Å²) in [5.41, 5.74) is 7.89. The van der Waals surface area contributed by atoms with Gasteiger partial charge in [0, 0.05) is 17.6 Å². The van der Waals surface area contributed by atoms with E-state index in [-0.39, 0.29) is 11.4 Å². The predicted molar refractivity (Wildman–Crippen MR) is 69.8 cm³/mol. The fourth-order valence-electron chi connectivity index (χ4n) is 2.48. The van der Waals surface area contributed by atoms with Gasteiger partial charge in [-0.05, 0) is 31.4 Å². The Morgan fingerprint density at radius 2 is 2.00 bits per heavy atom. The van der Waals surface area contributed by atoms with E-state index in [0.29, 0.717) is 6.42 Å². The van der Waals surface area contributed by atoms with Crippen LogP contribution in [-0.2, 0) is 4.79 Å². The van der Waals surface area contributed by atoms with Crippen LogP contribution in [-0.4, -0.2) is 11.4 Å². The zero-order valence-electron chi connectivity index (χ0n) is 10.3. The maximum atomic E-state index is 11.9. The molecule has 3 N–H and O–H groups in total. The number of hydrogen-bond acceptors (Lipinski definition) is 2. The van der Waals surface area contributed by atoms with Crippen LogP contribution >= 0.6 is 0 Å². The summed E-state index contributed by atoms with van der Waals surface area (Å²) in [6.07, 6.45) is 4.66. The molecule has 1 saturated carbocycles. The van der Waals surface area contributed by atoms with E-state index in [1.54, 1.807) is 0 Å². The summed E-state index contributed by atoms with van der Waals surface area (Å²) >= 11 is 0. The van der Waals surface area contributed by atoms with Crippen molar-refractivity contribution in [1.82, 2.24) is 0 Å². The molecule has 0 spiro atoms. The quantitative estimate of drug-likeness (QED) is 0.841. The van der Waals surface area contributed by atoms with Crippen molar-refractivity contribution in [3.63, 3.8) is 0 Å². The molecule has 0 bridgehead atoms. The average molecular weight is 232 g/mol. The van der Waals surface area contributed by atoms with Crippen molar-refractivity contribution in [3.8, 4) is 0 Å². The Labute approximate surface area is 102 Å². The molecule has 1 amide bonds. The molecule has 0 aliphatic heterocycles. The van der Waals surface area contributed by atoms with Crippen molar-refractivity contribution >= 4 is 11.6 Å². The molecule has 0 aromatic heterocycles. The fraction of sp³-hybridized carbons (Fsp3) is 0.500. The lowest BCUT2D eigenvalue weighted by Crippen LogP contribution is -2.40. The van der Waals surface area contributed by atoms with E-state index in [1.807, 2.05) is 31.2 Å². The fourth-order valence-corrected chi connectivity index (χ4v) is 2.48. The summed E-state index contributed by atoms with van der Waals surface area (Å²) in [6.45, 7) is 1.99. The summed E-state index contributed by atoms with van der Waals surface area (Å²) in [7, 11) is 0. The molecule has 3 heteroatoms. The van der Waals surface area contributed by atoms with Crippen molar-refractivity contribution in [2.24, 2.45) is 5.73 Å². The van der Waals surface area contributed by atoms with Gasteiger partial charge < -0.3 is 11.1 Å². The molecule has 92 valence electrons. The van der Waals surface area contributed by atoms with Crippen LogP contribution in [0.5, 0.6) is 0 Å². The van der Waals surface area contributed by atoms with Crippen molar-refractivity contribution in [3.05, 3.63) is 29.8 Å². The standard InChI is InChI=1S/C14H20N2O/c1-11-6-2-3-7-12(11)16-13(17)10-14(15)8-4-5-9-14/h2-3,6-7H,4-5,8-10,15H2,1H3,(H,16,17). The first kappa shape index (κ1) is 12.1. The van der Waals surface area contributed by atoms with Gasteiger partial charge in [0.05, 0.1) is 0 Å². The second-order valence-electron chi connectivity index (χ2n) is 5.11. The largest absolute Gasteiger partial charge is 0.326 e. The number of carbonyl (C=O) groups excluding carboxylic acids is 1. The molecule has 1 aliphatic rings. The number of nitrogens with two attached hydrogens (primary N) is 1. The Hall–Kier alpha value is -1.35. The number of nitrogens with one attached hydrogen (secondary N) is 1. The number of rotatable bonds is 3. The third-order valence-electron chi connectivity index (χ3n) is 3.53. The Balaban J connectivity index is 1.96. The topological polar surface area (TPSA) is 55.1 Å². The normalized spacial score (nSPS) is 18.0. The van der Waals surface area contributed by atoms with Crippen LogP contribution < -0.4 is 11.1 Å². The van der Waals surface area contributed by atoms with Crippen molar-refractivity contribution in [1.29, 1.82) is 0 Å². The molecule has 1 aliphatic carbocycles. The highest BCUT2D eigenvalue weighted by molar-refractivity contribution is 5.92. The van der Waals surface area contributed by atoms with Gasteiger partial charge in [0.2, 0.25) is 5.91 Å². The van der Waals surface area contributed by atoms with Crippen LogP contribution in [0.3, 0.4) is 0 Å². The van der Waals surface area contributed by atoms with E-state index in [4.69, 9.17) is 5.73 Å². The van der Waals surface area contributed by atoms with Crippen LogP contribution in [0.2, 0.25) is 0 Å². The monoisotopic (exact) mass is 232 g/mol. The number of para-hydroxylation sites is 1. The first-order chi connectivity index (χ1) is 8.09. The molecule has 0 saturated heterocycles. The SMILES string of the molecule is Cc1ccccc1NC(=O)CC1(N)CCCC1. The summed E-state index contributed by atoms with van der Waals surface area (Å²) in [5.74, 6) is 0.0312. The van der Waals surface area contributed by atoms with Crippen LogP contribution in [0.4, 0.5) is 5.69 Å². The molecule has 0 atom stereocenters. The molecule has 0 radical (unpaired) electrons. The smallest absolute Gasteiger partial charge is 0.226 e. The lowest BCUT2D eigenvalue weighted by molar-refractivity contribution is -0.117. The summed E-state index contributed by atoms with van der Waals surface area (Å²) in [4.78, 5) is 11.9. The lowest BCUT2D eigenvalue weighted by Gasteiger charge is -2.22. The van der Waals surface area contributed by atoms with Crippen LogP contribution in [0.1, 0.15) is 37.7 Å². The van der Waals surface area contributed by atoms with Crippen LogP contribution in [0, 0.1) is 6.92 Å². The van der Waals surface area contributed by atoms with Gasteiger partial charge in [0.1, 0.15) is 0 Å². The molecular formula is C14H20N2O. The van der Waals surface area contributed by atoms with Gasteiger partial charge in [-0.2, -0.15) is 0 Å². The molecule has 1 fully saturated rings. The Morgan fingerprint density at radius 3 is 2.65 bits per heavy atom. The Morgan fingerprint density at radius 1 is 1.35 bits per heavy atom. The highest BCUT2D eigenvalue weighted by Crippen LogP contribution is 2.30. The van der Waals surface area contributed by atoms with Gasteiger partial charge in [0.25, 0.3) is 0 Å². The summed E-state index contributed by atoms with van der Waals surface area (Å²) < 4.78 is 0. The second kappa shape index (κ2) is 4.88. The average Bonchev–Trinajstić information content (AvgIpc) is 2.68. The second-order valence-corrected chi connectivity index (χ2v) is 5.11. The van der Waals surface area contributed by atoms with Crippen LogP contribution in [0.15, 0.2) is 24.3 Å². The number of anilines is 1. The van der Waals surface area contributed by atoms with Gasteiger partial charge in [0.15, 0.2) is 0 Å². The maximum absolute atomic E-state index is 11.9. The number of carbonyl (C=O) groups is 1. The van der Waals surface area contributed by atoms with Gasteiger partial charge >= 0.3 is 0 Å². The molecule has 0 heterocycles. The zero-order chi connectivity index (χ0) is 12.3. The van der Waals surface area contributed by atoms with E-state index in [9.17, 15) is 4.79 Å². The van der Waals surface area contributed by atoms with E-state index < -0.39 is 0 Å². The molecule has 17 heavy (non-hydrogen) atoms. The molecule has 3 nitrogen and oxygen atoms in total. The Bertz CT molecular complexity index is 408. The molecule has 0 unspecified atom stereocenters. The van der Waals surface area contributed by atoms with Crippen molar-refractivity contribution < 1.29 is 4.79 Å². The molecule has 2 rings (SSSR count). The van der Waals surface area contributed by atoms with Crippen molar-refractivity contribution in [2.45, 2.75) is 44.6 Å². The summed E-state index contributed by atoms with van der Waals surface area (Å²) in [6, 6.07) is 7.80. The minimum atomic E-state index is -0.271. The van der Waals surface area contributed by atoms with E-state index in [2.05, 4.69) is 5.32 Å². The highest BCUT2D eigenvalue weighted by atomic mass is 16.1. The van der Waals surface area contributed by atoms with Gasteiger partial charge in [-0.3, -0.25) is 4.79 Å². The first-order valence-electron chi connectivity index (χ1n) is 6.23. The highest BCUT2D eigenvalue weighted by Gasteiger charge is 2.31. The lowest BCUT2D eigenvalue weighted by atomic mass is 9.94. The van der Waals surface area contributed by atoms with Gasteiger partial charge in [-0.1, -0.05) is 31.0 Å². The molecule has 1 aromatic rings. The van der Waals surface area contributed by atoms with E-state index in [0.717, 1.165) is 36.9 Å². The number of amides is 1. The van der Waals surface area contributed by atoms with Gasteiger partial charge in [-0.25, -0.2) is 0 Å².